The summed E-state index contributed by atoms with van der Waals surface area (Å²) in [4.78, 5) is 11.3. The molecular formula is C13H19NO3S. The van der Waals surface area contributed by atoms with Crippen molar-refractivity contribution in [1.29, 1.82) is 0 Å². The van der Waals surface area contributed by atoms with Gasteiger partial charge < -0.3 is 14.8 Å². The second kappa shape index (κ2) is 7.87. The van der Waals surface area contributed by atoms with Gasteiger partial charge in [-0.1, -0.05) is 6.07 Å². The van der Waals surface area contributed by atoms with Crippen molar-refractivity contribution in [3.05, 3.63) is 23.8 Å². The second-order valence-electron chi connectivity index (χ2n) is 3.75. The number of hydrogen-bond acceptors (Lipinski definition) is 4. The maximum absolute atomic E-state index is 11.3. The highest BCUT2D eigenvalue weighted by Gasteiger charge is 2.05. The Hall–Kier alpha value is -1.36. The van der Waals surface area contributed by atoms with Gasteiger partial charge in [0.2, 0.25) is 5.91 Å². The van der Waals surface area contributed by atoms with Crippen molar-refractivity contribution in [3.63, 3.8) is 0 Å². The van der Waals surface area contributed by atoms with E-state index < -0.39 is 0 Å². The van der Waals surface area contributed by atoms with E-state index in [4.69, 9.17) is 9.47 Å². The van der Waals surface area contributed by atoms with E-state index in [-0.39, 0.29) is 5.91 Å². The summed E-state index contributed by atoms with van der Waals surface area (Å²) in [5, 5.41) is 2.84. The number of carbonyl (C=O) groups excluding carboxylic acids is 1. The molecule has 0 fully saturated rings. The first-order valence-corrected chi connectivity index (χ1v) is 6.43. The fraction of sp³-hybridized carbons (Fsp3) is 0.462. The van der Waals surface area contributed by atoms with Crippen LogP contribution in [0.3, 0.4) is 0 Å². The molecule has 5 heteroatoms. The third kappa shape index (κ3) is 4.49. The zero-order valence-corrected chi connectivity index (χ0v) is 11.6. The molecule has 1 aromatic carbocycles. The number of amides is 1. The Labute approximate surface area is 113 Å². The average molecular weight is 269 g/mol. The monoisotopic (exact) mass is 269 g/mol. The Morgan fingerprint density at radius 3 is 2.72 bits per heavy atom. The van der Waals surface area contributed by atoms with Crippen molar-refractivity contribution < 1.29 is 14.3 Å². The van der Waals surface area contributed by atoms with Crippen LogP contribution in [0.15, 0.2) is 18.2 Å². The minimum atomic E-state index is 0.0254. The molecule has 1 aromatic rings. The van der Waals surface area contributed by atoms with E-state index in [2.05, 4.69) is 17.9 Å². The van der Waals surface area contributed by atoms with Gasteiger partial charge in [0.25, 0.3) is 0 Å². The van der Waals surface area contributed by atoms with Crippen LogP contribution in [0.2, 0.25) is 0 Å². The fourth-order valence-corrected chi connectivity index (χ4v) is 1.79. The molecule has 1 amide bonds. The molecule has 18 heavy (non-hydrogen) atoms. The number of hydrogen-bond donors (Lipinski definition) is 2. The normalized spacial score (nSPS) is 9.94. The van der Waals surface area contributed by atoms with E-state index in [1.54, 1.807) is 14.2 Å². The molecule has 4 nitrogen and oxygen atoms in total. The van der Waals surface area contributed by atoms with Gasteiger partial charge in [-0.3, -0.25) is 4.79 Å². The van der Waals surface area contributed by atoms with Crippen LogP contribution in [0, 0.1) is 0 Å². The van der Waals surface area contributed by atoms with Gasteiger partial charge >= 0.3 is 0 Å². The first-order valence-electron chi connectivity index (χ1n) is 5.79. The fourth-order valence-electron chi connectivity index (χ4n) is 1.58. The third-order valence-corrected chi connectivity index (χ3v) is 2.77. The summed E-state index contributed by atoms with van der Waals surface area (Å²) in [6.45, 7) is 0.593. The van der Waals surface area contributed by atoms with E-state index in [1.165, 1.54) is 0 Å². The lowest BCUT2D eigenvalue weighted by Gasteiger charge is -2.10. The van der Waals surface area contributed by atoms with Gasteiger partial charge in [-0.25, -0.2) is 0 Å². The molecule has 0 aliphatic carbocycles. The summed E-state index contributed by atoms with van der Waals surface area (Å²) in [5.41, 5.74) is 1.05. The lowest BCUT2D eigenvalue weighted by atomic mass is 10.1. The quantitative estimate of drug-likeness (QED) is 0.740. The maximum atomic E-state index is 11.3. The Kier molecular flexibility index (Phi) is 6.43. The Bertz CT molecular complexity index is 396. The molecule has 1 rings (SSSR count). The van der Waals surface area contributed by atoms with Gasteiger partial charge in [-0.05, 0) is 23.8 Å². The Morgan fingerprint density at radius 2 is 2.11 bits per heavy atom. The zero-order valence-electron chi connectivity index (χ0n) is 10.7. The molecule has 0 heterocycles. The SMILES string of the molecule is COc1ccc(CCNC(=O)CCS)c(OC)c1. The minimum absolute atomic E-state index is 0.0254. The van der Waals surface area contributed by atoms with Gasteiger partial charge in [0.05, 0.1) is 14.2 Å². The standard InChI is InChI=1S/C13H19NO3S/c1-16-11-4-3-10(12(9-11)17-2)5-7-14-13(15)6-8-18/h3-4,9,18H,5-8H2,1-2H3,(H,14,15). The van der Waals surface area contributed by atoms with Crippen LogP contribution in [-0.4, -0.2) is 32.4 Å². The summed E-state index contributed by atoms with van der Waals surface area (Å²) >= 11 is 4.01. The Morgan fingerprint density at radius 1 is 1.33 bits per heavy atom. The van der Waals surface area contributed by atoms with Crippen LogP contribution in [0.1, 0.15) is 12.0 Å². The van der Waals surface area contributed by atoms with Crippen LogP contribution in [0.25, 0.3) is 0 Å². The summed E-state index contributed by atoms with van der Waals surface area (Å²) < 4.78 is 10.4. The highest BCUT2D eigenvalue weighted by atomic mass is 32.1. The molecule has 0 saturated heterocycles. The number of carbonyl (C=O) groups is 1. The van der Waals surface area contributed by atoms with Crippen molar-refractivity contribution in [1.82, 2.24) is 5.32 Å². The number of benzene rings is 1. The molecule has 0 bridgehead atoms. The molecule has 1 N–H and O–H groups in total. The van der Waals surface area contributed by atoms with Crippen molar-refractivity contribution in [2.45, 2.75) is 12.8 Å². The predicted molar refractivity (Wildman–Crippen MR) is 74.7 cm³/mol. The van der Waals surface area contributed by atoms with Crippen LogP contribution < -0.4 is 14.8 Å². The van der Waals surface area contributed by atoms with E-state index in [1.807, 2.05) is 18.2 Å². The summed E-state index contributed by atoms with van der Waals surface area (Å²) in [5.74, 6) is 2.13. The van der Waals surface area contributed by atoms with Gasteiger partial charge in [0.1, 0.15) is 11.5 Å². The van der Waals surface area contributed by atoms with E-state index in [0.29, 0.717) is 18.7 Å². The molecule has 0 unspecified atom stereocenters. The van der Waals surface area contributed by atoms with Crippen molar-refractivity contribution in [2.75, 3.05) is 26.5 Å². The molecule has 0 aliphatic heterocycles. The average Bonchev–Trinajstić information content (AvgIpc) is 2.39. The van der Waals surface area contributed by atoms with Gasteiger partial charge in [0, 0.05) is 19.0 Å². The predicted octanol–water partition coefficient (Wildman–Crippen LogP) is 1.68. The molecule has 0 radical (unpaired) electrons. The maximum Gasteiger partial charge on any atom is 0.220 e. The van der Waals surface area contributed by atoms with E-state index in [0.717, 1.165) is 23.5 Å². The largest absolute Gasteiger partial charge is 0.497 e. The van der Waals surface area contributed by atoms with Crippen molar-refractivity contribution in [3.8, 4) is 11.5 Å². The second-order valence-corrected chi connectivity index (χ2v) is 4.20. The highest BCUT2D eigenvalue weighted by Crippen LogP contribution is 2.24. The Balaban J connectivity index is 2.53. The van der Waals surface area contributed by atoms with Crippen molar-refractivity contribution in [2.24, 2.45) is 0 Å². The third-order valence-electron chi connectivity index (χ3n) is 2.55. The lowest BCUT2D eigenvalue weighted by Crippen LogP contribution is -2.25. The number of rotatable bonds is 7. The number of nitrogens with one attached hydrogen (secondary N) is 1. The molecule has 0 spiro atoms. The molecule has 0 aliphatic rings. The van der Waals surface area contributed by atoms with Gasteiger partial charge in [-0.2, -0.15) is 12.6 Å². The zero-order chi connectivity index (χ0) is 13.4. The lowest BCUT2D eigenvalue weighted by molar-refractivity contribution is -0.120. The minimum Gasteiger partial charge on any atom is -0.497 e. The summed E-state index contributed by atoms with van der Waals surface area (Å²) in [6.07, 6.45) is 1.17. The first kappa shape index (κ1) is 14.7. The smallest absolute Gasteiger partial charge is 0.220 e. The number of ether oxygens (including phenoxy) is 2. The van der Waals surface area contributed by atoms with Crippen molar-refractivity contribution >= 4 is 18.5 Å². The number of methoxy groups -OCH3 is 2. The molecule has 0 atom stereocenters. The highest BCUT2D eigenvalue weighted by molar-refractivity contribution is 7.80. The topological polar surface area (TPSA) is 47.6 Å². The van der Waals surface area contributed by atoms with Gasteiger partial charge in [0.15, 0.2) is 0 Å². The van der Waals surface area contributed by atoms with Crippen LogP contribution in [0.5, 0.6) is 11.5 Å². The van der Waals surface area contributed by atoms with E-state index in [9.17, 15) is 4.79 Å². The number of thiol groups is 1. The van der Waals surface area contributed by atoms with Crippen LogP contribution >= 0.6 is 12.6 Å². The molecular weight excluding hydrogens is 250 g/mol. The van der Waals surface area contributed by atoms with Crippen LogP contribution in [-0.2, 0) is 11.2 Å². The molecule has 100 valence electrons. The summed E-state index contributed by atoms with van der Waals surface area (Å²) in [7, 11) is 3.24. The summed E-state index contributed by atoms with van der Waals surface area (Å²) in [6, 6.07) is 5.67. The van der Waals surface area contributed by atoms with Crippen LogP contribution in [0.4, 0.5) is 0 Å². The first-order chi connectivity index (χ1) is 8.71. The van der Waals surface area contributed by atoms with Gasteiger partial charge in [-0.15, -0.1) is 0 Å². The molecule has 0 saturated carbocycles. The molecule has 0 aromatic heterocycles. The van der Waals surface area contributed by atoms with E-state index >= 15 is 0 Å².